The maximum atomic E-state index is 6.09. The molecule has 3 heteroatoms. The van der Waals surface area contributed by atoms with Crippen molar-refractivity contribution in [1.29, 1.82) is 0 Å². The van der Waals surface area contributed by atoms with Crippen LogP contribution in [0.1, 0.15) is 141 Å². The molecule has 0 bridgehead atoms. The van der Waals surface area contributed by atoms with Gasteiger partial charge in [0.05, 0.1) is 32.5 Å². The lowest BCUT2D eigenvalue weighted by Crippen LogP contribution is -2.47. The van der Waals surface area contributed by atoms with Crippen LogP contribution in [0.2, 0.25) is 24.2 Å². The Bertz CT molecular complexity index is 1210. The first-order chi connectivity index (χ1) is 22.1. The van der Waals surface area contributed by atoms with E-state index < -0.39 is 8.07 Å². The van der Waals surface area contributed by atoms with Gasteiger partial charge in [-0.3, -0.25) is 0 Å². The molecule has 0 spiro atoms. The van der Waals surface area contributed by atoms with Gasteiger partial charge in [0.2, 0.25) is 0 Å². The van der Waals surface area contributed by atoms with Crippen molar-refractivity contribution in [3.63, 3.8) is 0 Å². The summed E-state index contributed by atoms with van der Waals surface area (Å²) in [6, 6.07) is 19.3. The highest BCUT2D eigenvalue weighted by Gasteiger charge is 2.59. The molecule has 0 N–H and O–H groups in total. The maximum absolute atomic E-state index is 6.09. The Balaban J connectivity index is 1.17. The highest BCUT2D eigenvalue weighted by molar-refractivity contribution is 6.80. The van der Waals surface area contributed by atoms with Crippen LogP contribution in [-0.4, -0.2) is 19.3 Å². The quantitative estimate of drug-likeness (QED) is 0.263. The average Bonchev–Trinajstić information content (AvgIpc) is 3.55. The number of benzene rings is 2. The van der Waals surface area contributed by atoms with Gasteiger partial charge in [0, 0.05) is 0 Å². The predicted octanol–water partition coefficient (Wildman–Crippen LogP) is 12.5. The number of hydrogen-bond acceptors (Lipinski definition) is 2. The highest BCUT2D eigenvalue weighted by Crippen LogP contribution is 2.67. The normalized spacial score (nSPS) is 34.7. The van der Waals surface area contributed by atoms with Crippen LogP contribution in [0.4, 0.5) is 0 Å². The Kier molecular flexibility index (Phi) is 10.3. The zero-order valence-electron chi connectivity index (χ0n) is 31.8. The molecule has 2 nitrogen and oxygen atoms in total. The van der Waals surface area contributed by atoms with E-state index in [1.54, 1.807) is 11.1 Å². The fourth-order valence-electron chi connectivity index (χ4n) is 12.1. The lowest BCUT2D eigenvalue weighted by molar-refractivity contribution is -0.0152. The molecule has 10 unspecified atom stereocenters. The summed E-state index contributed by atoms with van der Waals surface area (Å²) < 4.78 is 12.2. The number of hydrogen-bond donors (Lipinski definition) is 0. The van der Waals surface area contributed by atoms with Gasteiger partial charge in [-0.25, -0.2) is 0 Å². The predicted molar refractivity (Wildman–Crippen MR) is 202 cm³/mol. The number of ether oxygens (including phenoxy) is 2. The standard InChI is InChI=1S/C44H68O2Si/c1-29-25-39-35(33-21-17-31(18-22-33)27-45-43(3,4)5)13-11-15-37(39)41(29)47(9,10)42-30(2)26-40-36(14-12-16-38(40)42)34-23-19-32(20-24-34)28-46-44(6,7)8/h17-24,29-30,35-42H,11-16,25-28H2,1-10H3. The maximum Gasteiger partial charge on any atom is 0.0724 e. The third kappa shape index (κ3) is 7.68. The van der Waals surface area contributed by atoms with Crippen molar-refractivity contribution in [3.8, 4) is 0 Å². The van der Waals surface area contributed by atoms with E-state index in [-0.39, 0.29) is 11.2 Å². The first kappa shape index (κ1) is 35.4. The second-order valence-electron chi connectivity index (χ2n) is 19.3. The van der Waals surface area contributed by atoms with Gasteiger partial charge < -0.3 is 9.47 Å². The molecule has 2 aromatic carbocycles. The fourth-order valence-corrected chi connectivity index (χ4v) is 18.8. The summed E-state index contributed by atoms with van der Waals surface area (Å²) >= 11 is 0. The van der Waals surface area contributed by atoms with Gasteiger partial charge in [-0.2, -0.15) is 0 Å². The van der Waals surface area contributed by atoms with Crippen LogP contribution in [-0.2, 0) is 22.7 Å². The Morgan fingerprint density at radius 3 is 1.26 bits per heavy atom. The van der Waals surface area contributed by atoms with Crippen LogP contribution in [0.5, 0.6) is 0 Å². The summed E-state index contributed by atoms with van der Waals surface area (Å²) in [6.07, 6.45) is 11.5. The zero-order chi connectivity index (χ0) is 33.7. The Morgan fingerprint density at radius 2 is 0.915 bits per heavy atom. The van der Waals surface area contributed by atoms with Crippen molar-refractivity contribution in [2.24, 2.45) is 35.5 Å². The van der Waals surface area contributed by atoms with Gasteiger partial charge in [0.15, 0.2) is 0 Å². The van der Waals surface area contributed by atoms with Crippen molar-refractivity contribution in [2.45, 2.75) is 167 Å². The minimum absolute atomic E-state index is 0.0937. The van der Waals surface area contributed by atoms with Crippen LogP contribution in [0.3, 0.4) is 0 Å². The van der Waals surface area contributed by atoms with Crippen molar-refractivity contribution < 1.29 is 9.47 Å². The van der Waals surface area contributed by atoms with Crippen molar-refractivity contribution in [1.82, 2.24) is 0 Å². The Labute approximate surface area is 290 Å². The van der Waals surface area contributed by atoms with Crippen molar-refractivity contribution in [2.75, 3.05) is 0 Å². The van der Waals surface area contributed by atoms with Crippen LogP contribution in [0, 0.1) is 35.5 Å². The second-order valence-corrected chi connectivity index (χ2v) is 24.3. The van der Waals surface area contributed by atoms with E-state index in [0.717, 1.165) is 58.4 Å². The van der Waals surface area contributed by atoms with Crippen LogP contribution in [0.15, 0.2) is 48.5 Å². The minimum atomic E-state index is -1.55. The molecule has 2 aromatic rings. The molecule has 4 aliphatic carbocycles. The van der Waals surface area contributed by atoms with E-state index >= 15 is 0 Å². The van der Waals surface area contributed by atoms with E-state index in [4.69, 9.17) is 9.47 Å². The van der Waals surface area contributed by atoms with E-state index in [1.165, 1.54) is 62.5 Å². The summed E-state index contributed by atoms with van der Waals surface area (Å²) in [4.78, 5) is 0. The lowest BCUT2D eigenvalue weighted by Gasteiger charge is -2.49. The highest BCUT2D eigenvalue weighted by atomic mass is 28.3. The molecule has 0 heterocycles. The monoisotopic (exact) mass is 656 g/mol. The molecule has 4 saturated carbocycles. The van der Waals surface area contributed by atoms with Crippen LogP contribution < -0.4 is 0 Å². The molecule has 10 atom stereocenters. The zero-order valence-corrected chi connectivity index (χ0v) is 32.8. The second kappa shape index (κ2) is 13.7. The van der Waals surface area contributed by atoms with E-state index in [2.05, 4.69) is 117 Å². The Hall–Kier alpha value is -1.42. The molecular formula is C44H68O2Si. The smallest absolute Gasteiger partial charge is 0.0724 e. The van der Waals surface area contributed by atoms with Gasteiger partial charge in [-0.1, -0.05) is 101 Å². The topological polar surface area (TPSA) is 18.5 Å². The molecule has 6 rings (SSSR count). The fraction of sp³-hybridized carbons (Fsp3) is 0.727. The molecule has 4 fully saturated rings. The van der Waals surface area contributed by atoms with Gasteiger partial charge in [0.1, 0.15) is 0 Å². The summed E-state index contributed by atoms with van der Waals surface area (Å²) in [5.74, 6) is 6.85. The first-order valence-corrected chi connectivity index (χ1v) is 22.7. The summed E-state index contributed by atoms with van der Waals surface area (Å²) in [6.45, 7) is 25.4. The molecule has 0 aromatic heterocycles. The van der Waals surface area contributed by atoms with Gasteiger partial charge in [-0.15, -0.1) is 0 Å². The van der Waals surface area contributed by atoms with Crippen LogP contribution in [0.25, 0.3) is 0 Å². The lowest BCUT2D eigenvalue weighted by atomic mass is 9.70. The van der Waals surface area contributed by atoms with E-state index in [1.807, 2.05) is 0 Å². The molecule has 0 aliphatic heterocycles. The molecule has 0 amide bonds. The summed E-state index contributed by atoms with van der Waals surface area (Å²) in [5, 5.41) is 0. The number of fused-ring (bicyclic) bond motifs is 2. The van der Waals surface area contributed by atoms with Gasteiger partial charge in [-0.05, 0) is 148 Å². The van der Waals surface area contributed by atoms with Crippen molar-refractivity contribution >= 4 is 8.07 Å². The van der Waals surface area contributed by atoms with E-state index in [9.17, 15) is 0 Å². The first-order valence-electron chi connectivity index (χ1n) is 19.6. The molecular weight excluding hydrogens is 589 g/mol. The molecule has 0 saturated heterocycles. The summed E-state index contributed by atoms with van der Waals surface area (Å²) in [7, 11) is -1.55. The average molecular weight is 657 g/mol. The third-order valence-corrected chi connectivity index (χ3v) is 19.0. The SMILES string of the molecule is CC1CC2C(c3ccc(COC(C)(C)C)cc3)CCCC2C1[Si](C)(C)C1C(C)CC2C(c3ccc(COC(C)(C)C)cc3)CCCC21. The molecule has 47 heavy (non-hydrogen) atoms. The summed E-state index contributed by atoms with van der Waals surface area (Å²) in [5.41, 5.74) is 7.59. The van der Waals surface area contributed by atoms with Crippen LogP contribution >= 0.6 is 0 Å². The largest absolute Gasteiger partial charge is 0.371 e. The molecule has 0 radical (unpaired) electrons. The molecule has 260 valence electrons. The van der Waals surface area contributed by atoms with E-state index in [0.29, 0.717) is 13.2 Å². The Morgan fingerprint density at radius 1 is 0.553 bits per heavy atom. The number of rotatable bonds is 8. The third-order valence-electron chi connectivity index (χ3n) is 13.6. The molecule has 4 aliphatic rings. The van der Waals surface area contributed by atoms with Crippen molar-refractivity contribution in [3.05, 3.63) is 70.8 Å². The van der Waals surface area contributed by atoms with Gasteiger partial charge >= 0.3 is 0 Å². The van der Waals surface area contributed by atoms with Gasteiger partial charge in [0.25, 0.3) is 0 Å². The minimum Gasteiger partial charge on any atom is -0.371 e.